The summed E-state index contributed by atoms with van der Waals surface area (Å²) in [7, 11) is 1.59. The highest BCUT2D eigenvalue weighted by Crippen LogP contribution is 2.28. The molecule has 0 atom stereocenters. The summed E-state index contributed by atoms with van der Waals surface area (Å²) in [6, 6.07) is 5.60. The van der Waals surface area contributed by atoms with Crippen molar-refractivity contribution in [3.05, 3.63) is 23.8 Å². The standard InChI is InChI=1S/C21H34N2O5/c1-15(2)10-12-27-17-8-7-16(13-18(17)26-6)14-23-19(24)9-11-22-20(25)28-21(3,4)5/h7-8,13,15H,9-12,14H2,1-6H3,(H,22,25)(H,23,24). The van der Waals surface area contributed by atoms with Gasteiger partial charge in [-0.1, -0.05) is 19.9 Å². The van der Waals surface area contributed by atoms with Crippen LogP contribution in [0.4, 0.5) is 4.79 Å². The van der Waals surface area contributed by atoms with Crippen LogP contribution in [0.15, 0.2) is 18.2 Å². The maximum atomic E-state index is 12.0. The molecule has 0 bridgehead atoms. The first-order valence-electron chi connectivity index (χ1n) is 9.64. The van der Waals surface area contributed by atoms with Crippen LogP contribution >= 0.6 is 0 Å². The molecule has 0 saturated carbocycles. The lowest BCUT2D eigenvalue weighted by Gasteiger charge is -2.19. The molecule has 1 rings (SSSR count). The van der Waals surface area contributed by atoms with E-state index in [1.54, 1.807) is 27.9 Å². The zero-order chi connectivity index (χ0) is 21.2. The van der Waals surface area contributed by atoms with Crippen molar-refractivity contribution in [1.82, 2.24) is 10.6 Å². The number of benzene rings is 1. The third kappa shape index (κ3) is 10.0. The summed E-state index contributed by atoms with van der Waals surface area (Å²) in [5.74, 6) is 1.75. The number of rotatable bonds is 10. The average molecular weight is 395 g/mol. The summed E-state index contributed by atoms with van der Waals surface area (Å²) in [6.45, 7) is 10.9. The molecule has 0 saturated heterocycles. The maximum Gasteiger partial charge on any atom is 0.407 e. The topological polar surface area (TPSA) is 85.9 Å². The van der Waals surface area contributed by atoms with Crippen LogP contribution < -0.4 is 20.1 Å². The van der Waals surface area contributed by atoms with Gasteiger partial charge in [0.2, 0.25) is 5.91 Å². The summed E-state index contributed by atoms with van der Waals surface area (Å²) in [4.78, 5) is 23.5. The predicted molar refractivity (Wildman–Crippen MR) is 109 cm³/mol. The van der Waals surface area contributed by atoms with Crippen molar-refractivity contribution in [3.63, 3.8) is 0 Å². The Labute approximate surface area is 168 Å². The number of hydrogen-bond acceptors (Lipinski definition) is 5. The first kappa shape index (κ1) is 23.6. The Hall–Kier alpha value is -2.44. The van der Waals surface area contributed by atoms with Crippen LogP contribution in [0.25, 0.3) is 0 Å². The molecule has 158 valence electrons. The van der Waals surface area contributed by atoms with Gasteiger partial charge in [-0.3, -0.25) is 4.79 Å². The molecule has 0 aliphatic heterocycles. The van der Waals surface area contributed by atoms with E-state index in [1.807, 2.05) is 18.2 Å². The Bertz CT molecular complexity index is 638. The van der Waals surface area contributed by atoms with Gasteiger partial charge in [-0.15, -0.1) is 0 Å². The van der Waals surface area contributed by atoms with Gasteiger partial charge in [0.05, 0.1) is 13.7 Å². The van der Waals surface area contributed by atoms with E-state index in [-0.39, 0.29) is 18.9 Å². The fourth-order valence-electron chi connectivity index (χ4n) is 2.23. The smallest absolute Gasteiger partial charge is 0.407 e. The maximum absolute atomic E-state index is 12.0. The number of amides is 2. The highest BCUT2D eigenvalue weighted by Gasteiger charge is 2.16. The van der Waals surface area contributed by atoms with Crippen molar-refractivity contribution in [2.24, 2.45) is 5.92 Å². The van der Waals surface area contributed by atoms with Crippen LogP contribution in [0.1, 0.15) is 53.0 Å². The van der Waals surface area contributed by atoms with Crippen molar-refractivity contribution >= 4 is 12.0 Å². The van der Waals surface area contributed by atoms with Crippen molar-refractivity contribution in [2.75, 3.05) is 20.3 Å². The molecule has 2 N–H and O–H groups in total. The van der Waals surface area contributed by atoms with Gasteiger partial charge in [0, 0.05) is 19.5 Å². The molecule has 1 aromatic carbocycles. The van der Waals surface area contributed by atoms with Crippen LogP contribution in [0.3, 0.4) is 0 Å². The van der Waals surface area contributed by atoms with Gasteiger partial charge >= 0.3 is 6.09 Å². The lowest BCUT2D eigenvalue weighted by Crippen LogP contribution is -2.35. The Balaban J connectivity index is 2.41. The molecule has 1 aromatic rings. The fourth-order valence-corrected chi connectivity index (χ4v) is 2.23. The summed E-state index contributed by atoms with van der Waals surface area (Å²) in [5, 5.41) is 5.39. The number of methoxy groups -OCH3 is 1. The lowest BCUT2D eigenvalue weighted by atomic mass is 10.1. The molecule has 0 heterocycles. The van der Waals surface area contributed by atoms with Gasteiger partial charge in [-0.25, -0.2) is 4.79 Å². The highest BCUT2D eigenvalue weighted by molar-refractivity contribution is 5.77. The van der Waals surface area contributed by atoms with E-state index in [4.69, 9.17) is 14.2 Å². The monoisotopic (exact) mass is 394 g/mol. The minimum Gasteiger partial charge on any atom is -0.493 e. The Morgan fingerprint density at radius 2 is 1.82 bits per heavy atom. The van der Waals surface area contributed by atoms with Crippen molar-refractivity contribution in [1.29, 1.82) is 0 Å². The third-order valence-electron chi connectivity index (χ3n) is 3.69. The van der Waals surface area contributed by atoms with Gasteiger partial charge in [0.1, 0.15) is 5.60 Å². The summed E-state index contributed by atoms with van der Waals surface area (Å²) in [6.07, 6.45) is 0.614. The molecule has 0 unspecified atom stereocenters. The van der Waals surface area contributed by atoms with Gasteiger partial charge < -0.3 is 24.8 Å². The van der Waals surface area contributed by atoms with E-state index < -0.39 is 11.7 Å². The van der Waals surface area contributed by atoms with Gasteiger partial charge in [0.25, 0.3) is 0 Å². The van der Waals surface area contributed by atoms with E-state index in [0.29, 0.717) is 30.6 Å². The Kier molecular flexibility index (Phi) is 9.62. The molecule has 7 heteroatoms. The molecule has 0 radical (unpaired) electrons. The van der Waals surface area contributed by atoms with E-state index in [1.165, 1.54) is 0 Å². The second-order valence-corrected chi connectivity index (χ2v) is 7.97. The van der Waals surface area contributed by atoms with Gasteiger partial charge in [-0.2, -0.15) is 0 Å². The Morgan fingerprint density at radius 1 is 1.11 bits per heavy atom. The molecular weight excluding hydrogens is 360 g/mol. The number of nitrogens with one attached hydrogen (secondary N) is 2. The second kappa shape index (κ2) is 11.4. The molecule has 28 heavy (non-hydrogen) atoms. The molecule has 0 fully saturated rings. The van der Waals surface area contributed by atoms with Crippen molar-refractivity contribution in [2.45, 2.75) is 59.6 Å². The molecule has 0 spiro atoms. The molecule has 7 nitrogen and oxygen atoms in total. The molecule has 0 aliphatic rings. The number of alkyl carbamates (subject to hydrolysis) is 1. The zero-order valence-corrected chi connectivity index (χ0v) is 17.9. The predicted octanol–water partition coefficient (Wildman–Crippen LogP) is 3.65. The average Bonchev–Trinajstić information content (AvgIpc) is 2.58. The minimum atomic E-state index is -0.559. The third-order valence-corrected chi connectivity index (χ3v) is 3.69. The van der Waals surface area contributed by atoms with E-state index >= 15 is 0 Å². The van der Waals surface area contributed by atoms with E-state index in [0.717, 1.165) is 12.0 Å². The second-order valence-electron chi connectivity index (χ2n) is 7.97. The summed E-state index contributed by atoms with van der Waals surface area (Å²) < 4.78 is 16.3. The zero-order valence-electron chi connectivity index (χ0n) is 17.9. The summed E-state index contributed by atoms with van der Waals surface area (Å²) >= 11 is 0. The molecular formula is C21H34N2O5. The van der Waals surface area contributed by atoms with Crippen LogP contribution in [0, 0.1) is 5.92 Å². The first-order chi connectivity index (χ1) is 13.1. The van der Waals surface area contributed by atoms with Crippen LogP contribution in [-0.2, 0) is 16.1 Å². The lowest BCUT2D eigenvalue weighted by molar-refractivity contribution is -0.121. The number of carbonyl (C=O) groups is 2. The first-order valence-corrected chi connectivity index (χ1v) is 9.64. The SMILES string of the molecule is COc1cc(CNC(=O)CCNC(=O)OC(C)(C)C)ccc1OCCC(C)C. The fraction of sp³-hybridized carbons (Fsp3) is 0.619. The van der Waals surface area contributed by atoms with Crippen LogP contribution in [0.2, 0.25) is 0 Å². The molecule has 0 aromatic heterocycles. The van der Waals surface area contributed by atoms with Gasteiger partial charge in [-0.05, 0) is 50.8 Å². The van der Waals surface area contributed by atoms with Crippen LogP contribution in [0.5, 0.6) is 11.5 Å². The number of ether oxygens (including phenoxy) is 3. The molecule has 0 aliphatic carbocycles. The minimum absolute atomic E-state index is 0.160. The van der Waals surface area contributed by atoms with Crippen molar-refractivity contribution in [3.8, 4) is 11.5 Å². The summed E-state index contributed by atoms with van der Waals surface area (Å²) in [5.41, 5.74) is 0.345. The van der Waals surface area contributed by atoms with Crippen molar-refractivity contribution < 1.29 is 23.8 Å². The Morgan fingerprint density at radius 3 is 2.43 bits per heavy atom. The van der Waals surface area contributed by atoms with E-state index in [2.05, 4.69) is 24.5 Å². The molecule has 2 amide bonds. The number of hydrogen-bond donors (Lipinski definition) is 2. The largest absolute Gasteiger partial charge is 0.493 e. The number of carbonyl (C=O) groups excluding carboxylic acids is 2. The quantitative estimate of drug-likeness (QED) is 0.633. The van der Waals surface area contributed by atoms with Crippen LogP contribution in [-0.4, -0.2) is 37.9 Å². The normalized spacial score (nSPS) is 11.1. The van der Waals surface area contributed by atoms with Gasteiger partial charge in [0.15, 0.2) is 11.5 Å². The van der Waals surface area contributed by atoms with E-state index in [9.17, 15) is 9.59 Å². The highest BCUT2D eigenvalue weighted by atomic mass is 16.6.